The number of carbonyl (C=O) groups excluding carboxylic acids is 1. The molecule has 2 aromatic rings. The lowest BCUT2D eigenvalue weighted by molar-refractivity contribution is -0.116. The van der Waals surface area contributed by atoms with Gasteiger partial charge < -0.3 is 5.32 Å². The Morgan fingerprint density at radius 3 is 2.45 bits per heavy atom. The van der Waals surface area contributed by atoms with Crippen LogP contribution in [-0.4, -0.2) is 5.91 Å². The van der Waals surface area contributed by atoms with Gasteiger partial charge in [0.15, 0.2) is 0 Å². The third-order valence-corrected chi connectivity index (χ3v) is 4.07. The summed E-state index contributed by atoms with van der Waals surface area (Å²) >= 11 is 0. The second kappa shape index (κ2) is 7.26. The zero-order valence-corrected chi connectivity index (χ0v) is 13.9. The summed E-state index contributed by atoms with van der Waals surface area (Å²) in [5.74, 6) is 0.475. The van der Waals surface area contributed by atoms with E-state index in [-0.39, 0.29) is 5.91 Å². The number of para-hydroxylation sites is 1. The Kier molecular flexibility index (Phi) is 5.37. The quantitative estimate of drug-likeness (QED) is 0.826. The molecule has 2 nitrogen and oxygen atoms in total. The molecular formula is C20H25NO. The molecule has 0 unspecified atom stereocenters. The smallest absolute Gasteiger partial charge is 0.224 e. The largest absolute Gasteiger partial charge is 0.326 e. The van der Waals surface area contributed by atoms with Gasteiger partial charge in [0.2, 0.25) is 5.91 Å². The average Bonchev–Trinajstić information content (AvgIpc) is 2.49. The summed E-state index contributed by atoms with van der Waals surface area (Å²) in [6.45, 7) is 8.49. The zero-order valence-electron chi connectivity index (χ0n) is 13.9. The lowest BCUT2D eigenvalue weighted by Gasteiger charge is -2.13. The van der Waals surface area contributed by atoms with Gasteiger partial charge in [-0.15, -0.1) is 0 Å². The van der Waals surface area contributed by atoms with Crippen molar-refractivity contribution < 1.29 is 4.79 Å². The van der Waals surface area contributed by atoms with Crippen LogP contribution in [0, 0.1) is 13.8 Å². The van der Waals surface area contributed by atoms with Gasteiger partial charge in [-0.25, -0.2) is 0 Å². The molecule has 0 radical (unpaired) electrons. The van der Waals surface area contributed by atoms with E-state index in [1.807, 2.05) is 18.2 Å². The second-order valence-electron chi connectivity index (χ2n) is 6.21. The molecule has 0 saturated heterocycles. The fourth-order valence-corrected chi connectivity index (χ4v) is 2.54. The van der Waals surface area contributed by atoms with Crippen molar-refractivity contribution in [3.8, 4) is 0 Å². The summed E-state index contributed by atoms with van der Waals surface area (Å²) in [6.07, 6.45) is 1.28. The van der Waals surface area contributed by atoms with Crippen LogP contribution in [0.25, 0.3) is 0 Å². The van der Waals surface area contributed by atoms with Crippen molar-refractivity contribution in [2.24, 2.45) is 0 Å². The molecule has 1 amide bonds. The second-order valence-corrected chi connectivity index (χ2v) is 6.21. The third kappa shape index (κ3) is 4.20. The maximum absolute atomic E-state index is 12.2. The maximum Gasteiger partial charge on any atom is 0.224 e. The van der Waals surface area contributed by atoms with Crippen LogP contribution in [0.3, 0.4) is 0 Å². The minimum absolute atomic E-state index is 0.0753. The van der Waals surface area contributed by atoms with E-state index in [0.29, 0.717) is 12.3 Å². The Balaban J connectivity index is 1.97. The first-order valence-corrected chi connectivity index (χ1v) is 7.92. The third-order valence-electron chi connectivity index (χ3n) is 4.07. The fourth-order valence-electron chi connectivity index (χ4n) is 2.54. The number of carbonyl (C=O) groups is 1. The van der Waals surface area contributed by atoms with Crippen LogP contribution in [0.15, 0.2) is 42.5 Å². The van der Waals surface area contributed by atoms with E-state index < -0.39 is 0 Å². The van der Waals surface area contributed by atoms with Crippen molar-refractivity contribution in [3.63, 3.8) is 0 Å². The van der Waals surface area contributed by atoms with Crippen LogP contribution in [0.5, 0.6) is 0 Å². The number of hydrogen-bond acceptors (Lipinski definition) is 1. The molecule has 0 aliphatic carbocycles. The molecule has 2 aromatic carbocycles. The van der Waals surface area contributed by atoms with Gasteiger partial charge in [0.1, 0.15) is 0 Å². The molecule has 0 bridgehead atoms. The van der Waals surface area contributed by atoms with Crippen LogP contribution in [0.4, 0.5) is 5.69 Å². The molecule has 0 aliphatic rings. The topological polar surface area (TPSA) is 29.1 Å². The summed E-state index contributed by atoms with van der Waals surface area (Å²) < 4.78 is 0. The fraction of sp³-hybridized carbons (Fsp3) is 0.350. The molecule has 1 N–H and O–H groups in total. The van der Waals surface area contributed by atoms with Gasteiger partial charge in [0, 0.05) is 12.1 Å². The van der Waals surface area contributed by atoms with E-state index in [1.165, 1.54) is 22.3 Å². The van der Waals surface area contributed by atoms with E-state index in [1.54, 1.807) is 0 Å². The molecule has 0 aromatic heterocycles. The lowest BCUT2D eigenvalue weighted by atomic mass is 10.0. The van der Waals surface area contributed by atoms with Crippen molar-refractivity contribution in [2.75, 3.05) is 5.32 Å². The van der Waals surface area contributed by atoms with Gasteiger partial charge in [-0.3, -0.25) is 4.79 Å². The molecule has 0 atom stereocenters. The summed E-state index contributed by atoms with van der Waals surface area (Å²) in [5.41, 5.74) is 5.90. The number of rotatable bonds is 5. The van der Waals surface area contributed by atoms with Crippen LogP contribution >= 0.6 is 0 Å². The van der Waals surface area contributed by atoms with E-state index >= 15 is 0 Å². The zero-order chi connectivity index (χ0) is 16.1. The Morgan fingerprint density at radius 2 is 1.77 bits per heavy atom. The first-order chi connectivity index (χ1) is 10.5. The standard InChI is InChI=1S/C20H25NO/c1-14(2)18-7-5-6-8-19(18)21-20(22)12-11-17-10-9-15(3)16(4)13-17/h5-10,13-14H,11-12H2,1-4H3,(H,21,22). The monoisotopic (exact) mass is 295 g/mol. The summed E-state index contributed by atoms with van der Waals surface area (Å²) in [4.78, 5) is 12.2. The predicted molar refractivity (Wildman–Crippen MR) is 93.4 cm³/mol. The van der Waals surface area contributed by atoms with Crippen molar-refractivity contribution in [2.45, 2.75) is 46.5 Å². The van der Waals surface area contributed by atoms with Crippen LogP contribution in [0.1, 0.15) is 48.4 Å². The Labute approximate surface area is 133 Å². The maximum atomic E-state index is 12.2. The summed E-state index contributed by atoms with van der Waals surface area (Å²) in [6, 6.07) is 14.4. The van der Waals surface area contributed by atoms with Crippen molar-refractivity contribution in [3.05, 3.63) is 64.7 Å². The van der Waals surface area contributed by atoms with E-state index in [0.717, 1.165) is 12.1 Å². The van der Waals surface area contributed by atoms with E-state index in [2.05, 4.69) is 57.3 Å². The van der Waals surface area contributed by atoms with Gasteiger partial charge in [-0.1, -0.05) is 50.2 Å². The number of nitrogens with one attached hydrogen (secondary N) is 1. The Hall–Kier alpha value is -2.09. The number of benzene rings is 2. The molecule has 0 spiro atoms. The van der Waals surface area contributed by atoms with Gasteiger partial charge in [0.05, 0.1) is 0 Å². The minimum Gasteiger partial charge on any atom is -0.326 e. The number of hydrogen-bond donors (Lipinski definition) is 1. The highest BCUT2D eigenvalue weighted by atomic mass is 16.1. The summed E-state index contributed by atoms with van der Waals surface area (Å²) in [5, 5.41) is 3.05. The Bertz CT molecular complexity index is 659. The first kappa shape index (κ1) is 16.3. The van der Waals surface area contributed by atoms with Crippen LogP contribution in [0.2, 0.25) is 0 Å². The number of anilines is 1. The first-order valence-electron chi connectivity index (χ1n) is 7.92. The molecule has 116 valence electrons. The Morgan fingerprint density at radius 1 is 1.05 bits per heavy atom. The van der Waals surface area contributed by atoms with Gasteiger partial charge in [-0.05, 0) is 54.5 Å². The minimum atomic E-state index is 0.0753. The lowest BCUT2D eigenvalue weighted by Crippen LogP contribution is -2.14. The average molecular weight is 295 g/mol. The highest BCUT2D eigenvalue weighted by Gasteiger charge is 2.09. The number of aryl methyl sites for hydroxylation is 3. The molecule has 2 heteroatoms. The SMILES string of the molecule is Cc1ccc(CCC(=O)Nc2ccccc2C(C)C)cc1C. The van der Waals surface area contributed by atoms with E-state index in [4.69, 9.17) is 0 Å². The van der Waals surface area contributed by atoms with Gasteiger partial charge in [-0.2, -0.15) is 0 Å². The number of amides is 1. The molecule has 0 saturated carbocycles. The molecule has 2 rings (SSSR count). The highest BCUT2D eigenvalue weighted by Crippen LogP contribution is 2.23. The van der Waals surface area contributed by atoms with Gasteiger partial charge in [0.25, 0.3) is 0 Å². The van der Waals surface area contributed by atoms with Gasteiger partial charge >= 0.3 is 0 Å². The van der Waals surface area contributed by atoms with Crippen LogP contribution < -0.4 is 5.32 Å². The van der Waals surface area contributed by atoms with Crippen LogP contribution in [-0.2, 0) is 11.2 Å². The normalized spacial score (nSPS) is 10.8. The summed E-state index contributed by atoms with van der Waals surface area (Å²) in [7, 11) is 0. The molecule has 0 aliphatic heterocycles. The molecule has 22 heavy (non-hydrogen) atoms. The van der Waals surface area contributed by atoms with Crippen molar-refractivity contribution in [1.82, 2.24) is 0 Å². The van der Waals surface area contributed by atoms with E-state index in [9.17, 15) is 4.79 Å². The van der Waals surface area contributed by atoms with Crippen molar-refractivity contribution in [1.29, 1.82) is 0 Å². The molecular weight excluding hydrogens is 270 g/mol. The molecule has 0 heterocycles. The van der Waals surface area contributed by atoms with Crippen molar-refractivity contribution >= 4 is 11.6 Å². The highest BCUT2D eigenvalue weighted by molar-refractivity contribution is 5.91. The predicted octanol–water partition coefficient (Wildman–Crippen LogP) is 5.00. The molecule has 0 fully saturated rings.